The molecule has 0 aliphatic rings. The second-order valence-corrected chi connectivity index (χ2v) is 3.69. The summed E-state index contributed by atoms with van der Waals surface area (Å²) >= 11 is 1.12. The fourth-order valence-corrected chi connectivity index (χ4v) is 1.38. The van der Waals surface area contributed by atoms with Crippen LogP contribution in [0.25, 0.3) is 0 Å². The molecule has 1 aromatic heterocycles. The molecule has 0 spiro atoms. The van der Waals surface area contributed by atoms with Gasteiger partial charge in [0, 0.05) is 6.20 Å². The molecule has 3 N–H and O–H groups in total. The van der Waals surface area contributed by atoms with Gasteiger partial charge < -0.3 is 5.73 Å². The van der Waals surface area contributed by atoms with Crippen molar-refractivity contribution in [2.24, 2.45) is 5.73 Å². The molecule has 0 aliphatic carbocycles. The van der Waals surface area contributed by atoms with Gasteiger partial charge in [-0.1, -0.05) is 11.8 Å². The molecule has 0 aliphatic heterocycles. The lowest BCUT2D eigenvalue weighted by Crippen LogP contribution is -2.12. The van der Waals surface area contributed by atoms with Crippen molar-refractivity contribution < 1.29 is 13.2 Å². The number of amidine groups is 1. The molecule has 15 heavy (non-hydrogen) atoms. The summed E-state index contributed by atoms with van der Waals surface area (Å²) in [5.41, 5.74) is 4.31. The maximum absolute atomic E-state index is 12.1. The third kappa shape index (κ3) is 3.78. The molecule has 0 aromatic carbocycles. The molecule has 1 heterocycles. The van der Waals surface area contributed by atoms with Crippen LogP contribution in [0.4, 0.5) is 13.2 Å². The van der Waals surface area contributed by atoms with Gasteiger partial charge in [0.15, 0.2) is 0 Å². The molecule has 0 bridgehead atoms. The maximum Gasteiger partial charge on any atom is 0.417 e. The predicted molar refractivity (Wildman–Crippen MR) is 51.9 cm³/mol. The van der Waals surface area contributed by atoms with E-state index < -0.39 is 11.7 Å². The quantitative estimate of drug-likeness (QED) is 0.479. The topological polar surface area (TPSA) is 62.8 Å². The Balaban J connectivity index is 2.69. The number of rotatable bonds is 3. The van der Waals surface area contributed by atoms with E-state index in [-0.39, 0.29) is 11.6 Å². The Bertz CT molecular complexity index is 347. The minimum absolute atomic E-state index is 0.0401. The number of pyridine rings is 1. The molecule has 0 amide bonds. The molecule has 0 unspecified atom stereocenters. The van der Waals surface area contributed by atoms with E-state index in [1.807, 2.05) is 0 Å². The van der Waals surface area contributed by atoms with Crippen molar-refractivity contribution in [3.8, 4) is 0 Å². The highest BCUT2D eigenvalue weighted by molar-refractivity contribution is 7.99. The zero-order valence-electron chi connectivity index (χ0n) is 7.51. The molecule has 0 fully saturated rings. The Labute approximate surface area is 88.4 Å². The lowest BCUT2D eigenvalue weighted by Gasteiger charge is -2.06. The van der Waals surface area contributed by atoms with E-state index in [4.69, 9.17) is 11.1 Å². The number of nitrogens with two attached hydrogens (primary N) is 1. The summed E-state index contributed by atoms with van der Waals surface area (Å²) in [4.78, 5) is 3.61. The molecule has 0 saturated heterocycles. The first-order valence-electron chi connectivity index (χ1n) is 3.88. The van der Waals surface area contributed by atoms with Gasteiger partial charge in [-0.25, -0.2) is 4.98 Å². The Morgan fingerprint density at radius 3 is 2.53 bits per heavy atom. The van der Waals surface area contributed by atoms with Crippen LogP contribution in [0.3, 0.4) is 0 Å². The molecule has 0 radical (unpaired) electrons. The van der Waals surface area contributed by atoms with E-state index in [9.17, 15) is 13.2 Å². The predicted octanol–water partition coefficient (Wildman–Crippen LogP) is 2.13. The van der Waals surface area contributed by atoms with Crippen molar-refractivity contribution in [1.29, 1.82) is 5.41 Å². The van der Waals surface area contributed by atoms with Crippen molar-refractivity contribution in [2.45, 2.75) is 11.2 Å². The van der Waals surface area contributed by atoms with Crippen molar-refractivity contribution in [3.63, 3.8) is 0 Å². The smallest absolute Gasteiger partial charge is 0.387 e. The lowest BCUT2D eigenvalue weighted by atomic mass is 10.3. The first-order chi connectivity index (χ1) is 6.89. The summed E-state index contributed by atoms with van der Waals surface area (Å²) in [5.74, 6) is 0.181. The molecule has 1 aromatic rings. The van der Waals surface area contributed by atoms with Gasteiger partial charge in [-0.05, 0) is 12.1 Å². The fourth-order valence-electron chi connectivity index (χ4n) is 0.785. The summed E-state index contributed by atoms with van der Waals surface area (Å²) in [6, 6.07) is 2.21. The normalized spacial score (nSPS) is 11.4. The van der Waals surface area contributed by atoms with Gasteiger partial charge >= 0.3 is 6.18 Å². The number of aromatic nitrogens is 1. The van der Waals surface area contributed by atoms with E-state index in [2.05, 4.69) is 4.98 Å². The van der Waals surface area contributed by atoms with E-state index in [1.165, 1.54) is 6.07 Å². The highest BCUT2D eigenvalue weighted by Gasteiger charge is 2.30. The third-order valence-corrected chi connectivity index (χ3v) is 2.43. The van der Waals surface area contributed by atoms with Crippen LogP contribution in [0, 0.1) is 5.41 Å². The molecule has 0 atom stereocenters. The van der Waals surface area contributed by atoms with Gasteiger partial charge in [0.05, 0.1) is 16.3 Å². The Morgan fingerprint density at radius 2 is 2.13 bits per heavy atom. The van der Waals surface area contributed by atoms with E-state index in [0.717, 1.165) is 24.0 Å². The number of thioether (sulfide) groups is 1. The summed E-state index contributed by atoms with van der Waals surface area (Å²) in [5, 5.41) is 7.35. The monoisotopic (exact) mass is 235 g/mol. The first-order valence-corrected chi connectivity index (χ1v) is 4.87. The minimum Gasteiger partial charge on any atom is -0.387 e. The SMILES string of the molecule is N=C(N)CSc1ccc(C(F)(F)F)cn1. The van der Waals surface area contributed by atoms with Crippen LogP contribution < -0.4 is 5.73 Å². The fraction of sp³-hybridized carbons (Fsp3) is 0.250. The first kappa shape index (κ1) is 11.8. The third-order valence-electron chi connectivity index (χ3n) is 1.44. The molecule has 3 nitrogen and oxygen atoms in total. The summed E-state index contributed by atoms with van der Waals surface area (Å²) < 4.78 is 36.4. The van der Waals surface area contributed by atoms with Crippen LogP contribution in [0.2, 0.25) is 0 Å². The molecule has 1 rings (SSSR count). The second-order valence-electron chi connectivity index (χ2n) is 2.70. The highest BCUT2D eigenvalue weighted by Crippen LogP contribution is 2.29. The van der Waals surface area contributed by atoms with Gasteiger partial charge in [0.2, 0.25) is 0 Å². The van der Waals surface area contributed by atoms with Crippen molar-refractivity contribution in [3.05, 3.63) is 23.9 Å². The number of hydrogen-bond donors (Lipinski definition) is 2. The van der Waals surface area contributed by atoms with Gasteiger partial charge in [-0.3, -0.25) is 5.41 Å². The molecule has 82 valence electrons. The van der Waals surface area contributed by atoms with E-state index in [0.29, 0.717) is 5.03 Å². The summed E-state index contributed by atoms with van der Waals surface area (Å²) in [6.07, 6.45) is -3.60. The maximum atomic E-state index is 12.1. The van der Waals surface area contributed by atoms with Gasteiger partial charge in [0.25, 0.3) is 0 Å². The zero-order valence-corrected chi connectivity index (χ0v) is 8.32. The Morgan fingerprint density at radius 1 is 1.47 bits per heavy atom. The van der Waals surface area contributed by atoms with Crippen molar-refractivity contribution >= 4 is 17.6 Å². The number of alkyl halides is 3. The summed E-state index contributed by atoms with van der Waals surface area (Å²) in [6.45, 7) is 0. The van der Waals surface area contributed by atoms with Crippen molar-refractivity contribution in [1.82, 2.24) is 4.98 Å². The standard InChI is InChI=1S/C8H8F3N3S/c9-8(10,11)5-1-2-7(14-3-5)15-4-6(12)13/h1-3H,4H2,(H3,12,13). The number of hydrogen-bond acceptors (Lipinski definition) is 3. The van der Waals surface area contributed by atoms with Gasteiger partial charge in [-0.2, -0.15) is 13.2 Å². The summed E-state index contributed by atoms with van der Waals surface area (Å²) in [7, 11) is 0. The molecular weight excluding hydrogens is 227 g/mol. The Kier molecular flexibility index (Phi) is 3.57. The van der Waals surface area contributed by atoms with Gasteiger partial charge in [0.1, 0.15) is 5.84 Å². The number of nitrogens with zero attached hydrogens (tertiary/aromatic N) is 1. The largest absolute Gasteiger partial charge is 0.417 e. The number of nitrogens with one attached hydrogen (secondary N) is 1. The second kappa shape index (κ2) is 4.52. The molecule has 0 saturated carbocycles. The molecular formula is C8H8F3N3S. The van der Waals surface area contributed by atoms with Crippen LogP contribution in [0.1, 0.15) is 5.56 Å². The average molecular weight is 235 g/mol. The lowest BCUT2D eigenvalue weighted by molar-refractivity contribution is -0.137. The zero-order chi connectivity index (χ0) is 11.5. The van der Waals surface area contributed by atoms with Crippen LogP contribution in [-0.2, 0) is 6.18 Å². The Hall–Kier alpha value is -1.24. The highest BCUT2D eigenvalue weighted by atomic mass is 32.2. The van der Waals surface area contributed by atoms with E-state index in [1.54, 1.807) is 0 Å². The van der Waals surface area contributed by atoms with Crippen LogP contribution in [0.15, 0.2) is 23.4 Å². The van der Waals surface area contributed by atoms with Gasteiger partial charge in [-0.15, -0.1) is 0 Å². The van der Waals surface area contributed by atoms with Crippen molar-refractivity contribution in [2.75, 3.05) is 5.75 Å². The van der Waals surface area contributed by atoms with Crippen LogP contribution >= 0.6 is 11.8 Å². The van der Waals surface area contributed by atoms with E-state index >= 15 is 0 Å². The number of halogens is 3. The average Bonchev–Trinajstić information content (AvgIpc) is 2.14. The molecule has 7 heteroatoms. The van der Waals surface area contributed by atoms with Crippen LogP contribution in [-0.4, -0.2) is 16.6 Å². The minimum atomic E-state index is -4.36. The van der Waals surface area contributed by atoms with Crippen LogP contribution in [0.5, 0.6) is 0 Å².